The number of hydrogen-bond acceptors (Lipinski definition) is 4. The molecule has 1 aliphatic rings. The lowest BCUT2D eigenvalue weighted by atomic mass is 9.99. The van der Waals surface area contributed by atoms with Gasteiger partial charge in [0, 0.05) is 25.5 Å². The fraction of sp³-hybridized carbons (Fsp3) is 0.545. The summed E-state index contributed by atoms with van der Waals surface area (Å²) in [5.74, 6) is 1.63. The number of thiocarbonyl (C=S) groups is 1. The molecule has 0 atom stereocenters. The zero-order valence-corrected chi connectivity index (χ0v) is 10.2. The molecule has 0 aromatic carbocycles. The van der Waals surface area contributed by atoms with Crippen LogP contribution in [-0.2, 0) is 0 Å². The third-order valence-corrected chi connectivity index (χ3v) is 3.19. The Morgan fingerprint density at radius 2 is 2.00 bits per heavy atom. The van der Waals surface area contributed by atoms with Gasteiger partial charge in [0.1, 0.15) is 10.7 Å². The van der Waals surface area contributed by atoms with Gasteiger partial charge in [0.25, 0.3) is 0 Å². The van der Waals surface area contributed by atoms with Crippen LogP contribution in [0.4, 0.5) is 5.82 Å². The molecule has 2 rings (SSSR count). The highest BCUT2D eigenvalue weighted by Gasteiger charge is 2.20. The summed E-state index contributed by atoms with van der Waals surface area (Å²) < 4.78 is 0. The molecule has 0 saturated carbocycles. The van der Waals surface area contributed by atoms with Crippen LogP contribution in [0.25, 0.3) is 0 Å². The van der Waals surface area contributed by atoms with E-state index in [4.69, 9.17) is 18.0 Å². The van der Waals surface area contributed by atoms with Crippen molar-refractivity contribution in [2.45, 2.75) is 19.8 Å². The van der Waals surface area contributed by atoms with Crippen molar-refractivity contribution in [1.82, 2.24) is 9.97 Å². The molecule has 0 amide bonds. The molecule has 5 heteroatoms. The van der Waals surface area contributed by atoms with Crippen molar-refractivity contribution in [3.05, 3.63) is 18.1 Å². The number of hydrogen-bond donors (Lipinski definition) is 1. The van der Waals surface area contributed by atoms with E-state index in [0.29, 0.717) is 10.7 Å². The Hall–Kier alpha value is -1.23. The quantitative estimate of drug-likeness (QED) is 0.785. The van der Waals surface area contributed by atoms with Crippen LogP contribution < -0.4 is 10.6 Å². The Balaban J connectivity index is 2.23. The van der Waals surface area contributed by atoms with Gasteiger partial charge >= 0.3 is 0 Å². The fourth-order valence-electron chi connectivity index (χ4n) is 1.96. The van der Waals surface area contributed by atoms with Crippen LogP contribution in [0.5, 0.6) is 0 Å². The minimum absolute atomic E-state index is 0.321. The molecule has 1 fully saturated rings. The summed E-state index contributed by atoms with van der Waals surface area (Å²) >= 11 is 4.99. The largest absolute Gasteiger partial charge is 0.388 e. The normalized spacial score (nSPS) is 17.4. The summed E-state index contributed by atoms with van der Waals surface area (Å²) in [4.78, 5) is 11.1. The average molecular weight is 236 g/mol. The molecule has 16 heavy (non-hydrogen) atoms. The van der Waals surface area contributed by atoms with Crippen LogP contribution in [0, 0.1) is 5.92 Å². The van der Waals surface area contributed by atoms with E-state index in [2.05, 4.69) is 21.8 Å². The van der Waals surface area contributed by atoms with E-state index in [9.17, 15) is 0 Å². The molecule has 0 bridgehead atoms. The molecule has 2 N–H and O–H groups in total. The van der Waals surface area contributed by atoms with Crippen LogP contribution >= 0.6 is 12.2 Å². The molecule has 1 aromatic rings. The molecule has 0 radical (unpaired) electrons. The van der Waals surface area contributed by atoms with Crippen molar-refractivity contribution in [2.75, 3.05) is 18.0 Å². The molecule has 0 unspecified atom stereocenters. The number of rotatable bonds is 2. The predicted molar refractivity (Wildman–Crippen MR) is 68.5 cm³/mol. The van der Waals surface area contributed by atoms with E-state index in [1.807, 2.05) is 0 Å². The van der Waals surface area contributed by atoms with Gasteiger partial charge in [0.2, 0.25) is 0 Å². The third-order valence-electron chi connectivity index (χ3n) is 3.00. The Kier molecular flexibility index (Phi) is 3.33. The molecule has 0 spiro atoms. The Morgan fingerprint density at radius 1 is 1.38 bits per heavy atom. The van der Waals surface area contributed by atoms with E-state index >= 15 is 0 Å². The first-order valence-electron chi connectivity index (χ1n) is 5.54. The summed E-state index contributed by atoms with van der Waals surface area (Å²) in [5.41, 5.74) is 6.30. The van der Waals surface area contributed by atoms with Gasteiger partial charge in [-0.1, -0.05) is 19.1 Å². The maximum absolute atomic E-state index is 5.65. The van der Waals surface area contributed by atoms with Crippen molar-refractivity contribution in [1.29, 1.82) is 0 Å². The molecular weight excluding hydrogens is 220 g/mol. The highest BCUT2D eigenvalue weighted by atomic mass is 32.1. The van der Waals surface area contributed by atoms with E-state index in [1.165, 1.54) is 12.8 Å². The van der Waals surface area contributed by atoms with E-state index < -0.39 is 0 Å². The second-order valence-electron chi connectivity index (χ2n) is 4.26. The molecule has 4 nitrogen and oxygen atoms in total. The van der Waals surface area contributed by atoms with Crippen molar-refractivity contribution < 1.29 is 0 Å². The number of aromatic nitrogens is 2. The van der Waals surface area contributed by atoms with Gasteiger partial charge in [-0.15, -0.1) is 0 Å². The highest BCUT2D eigenvalue weighted by molar-refractivity contribution is 7.80. The first-order valence-corrected chi connectivity index (χ1v) is 5.95. The van der Waals surface area contributed by atoms with Gasteiger partial charge < -0.3 is 10.6 Å². The topological polar surface area (TPSA) is 55.0 Å². The minimum Gasteiger partial charge on any atom is -0.388 e. The lowest BCUT2D eigenvalue weighted by Gasteiger charge is -2.31. The number of anilines is 1. The van der Waals surface area contributed by atoms with Gasteiger partial charge in [-0.05, 0) is 18.8 Å². The molecular formula is C11H16N4S. The fourth-order valence-corrected chi connectivity index (χ4v) is 2.10. The molecule has 1 aromatic heterocycles. The Bertz CT molecular complexity index is 385. The second-order valence-corrected chi connectivity index (χ2v) is 4.70. The number of nitrogens with two attached hydrogens (primary N) is 1. The number of nitrogens with zero attached hydrogens (tertiary/aromatic N) is 3. The highest BCUT2D eigenvalue weighted by Crippen LogP contribution is 2.22. The zero-order chi connectivity index (χ0) is 11.5. The summed E-state index contributed by atoms with van der Waals surface area (Å²) in [5, 5.41) is 0. The van der Waals surface area contributed by atoms with Crippen LogP contribution in [0.2, 0.25) is 0 Å². The Morgan fingerprint density at radius 3 is 2.62 bits per heavy atom. The lowest BCUT2D eigenvalue weighted by Crippen LogP contribution is -2.35. The Labute approximate surface area is 101 Å². The second kappa shape index (κ2) is 4.74. The molecule has 86 valence electrons. The minimum atomic E-state index is 0.321. The van der Waals surface area contributed by atoms with Crippen molar-refractivity contribution in [2.24, 2.45) is 11.7 Å². The first kappa shape index (κ1) is 11.3. The first-order chi connectivity index (χ1) is 7.68. The van der Waals surface area contributed by atoms with E-state index in [1.54, 1.807) is 12.4 Å². The average Bonchev–Trinajstić information content (AvgIpc) is 2.30. The standard InChI is InChI=1S/C11H16N4S/c1-8-2-6-15(7-3-8)11-9(10(12)16)13-4-5-14-11/h4-5,8H,2-3,6-7H2,1H3,(H2,12,16). The summed E-state index contributed by atoms with van der Waals surface area (Å²) in [6.07, 6.45) is 5.69. The van der Waals surface area contributed by atoms with Crippen LogP contribution in [-0.4, -0.2) is 28.0 Å². The van der Waals surface area contributed by atoms with Crippen LogP contribution in [0.1, 0.15) is 25.5 Å². The summed E-state index contributed by atoms with van der Waals surface area (Å²) in [6, 6.07) is 0. The van der Waals surface area contributed by atoms with E-state index in [0.717, 1.165) is 24.8 Å². The maximum Gasteiger partial charge on any atom is 0.157 e. The van der Waals surface area contributed by atoms with Crippen molar-refractivity contribution in [3.63, 3.8) is 0 Å². The molecule has 0 aliphatic carbocycles. The maximum atomic E-state index is 5.65. The molecule has 2 heterocycles. The summed E-state index contributed by atoms with van der Waals surface area (Å²) in [6.45, 7) is 4.30. The molecule has 1 saturated heterocycles. The van der Waals surface area contributed by atoms with Crippen LogP contribution in [0.15, 0.2) is 12.4 Å². The van der Waals surface area contributed by atoms with Crippen LogP contribution in [0.3, 0.4) is 0 Å². The van der Waals surface area contributed by atoms with Crippen molar-refractivity contribution >= 4 is 23.0 Å². The third kappa shape index (κ3) is 2.29. The number of piperidine rings is 1. The monoisotopic (exact) mass is 236 g/mol. The molecule has 1 aliphatic heterocycles. The van der Waals surface area contributed by atoms with E-state index in [-0.39, 0.29) is 0 Å². The lowest BCUT2D eigenvalue weighted by molar-refractivity contribution is 0.436. The van der Waals surface area contributed by atoms with Gasteiger partial charge in [-0.2, -0.15) is 0 Å². The van der Waals surface area contributed by atoms with Gasteiger partial charge in [0.05, 0.1) is 0 Å². The predicted octanol–water partition coefficient (Wildman–Crippen LogP) is 1.35. The van der Waals surface area contributed by atoms with Gasteiger partial charge in [-0.25, -0.2) is 9.97 Å². The van der Waals surface area contributed by atoms with Crippen molar-refractivity contribution in [3.8, 4) is 0 Å². The summed E-state index contributed by atoms with van der Waals surface area (Å²) in [7, 11) is 0. The van der Waals surface area contributed by atoms with Gasteiger partial charge in [0.15, 0.2) is 5.82 Å². The smallest absolute Gasteiger partial charge is 0.157 e. The zero-order valence-electron chi connectivity index (χ0n) is 9.39. The van der Waals surface area contributed by atoms with Gasteiger partial charge in [-0.3, -0.25) is 0 Å². The SMILES string of the molecule is CC1CCN(c2nccnc2C(N)=S)CC1.